The standard InChI is InChI=1S/C9H20N2O2/c1-7-9(3-4-13-7)11(2)5-8(10)6-12/h7-9,12H,3-6,10H2,1-2H3. The molecule has 0 amide bonds. The highest BCUT2D eigenvalue weighted by atomic mass is 16.5. The summed E-state index contributed by atoms with van der Waals surface area (Å²) in [6, 6.07) is 0.315. The Hall–Kier alpha value is -0.160. The third-order valence-corrected chi connectivity index (χ3v) is 2.66. The summed E-state index contributed by atoms with van der Waals surface area (Å²) in [7, 11) is 2.03. The first-order chi connectivity index (χ1) is 6.15. The van der Waals surface area contributed by atoms with Crippen molar-refractivity contribution in [2.24, 2.45) is 5.73 Å². The summed E-state index contributed by atoms with van der Waals surface area (Å²) in [4.78, 5) is 2.18. The Morgan fingerprint density at radius 2 is 2.38 bits per heavy atom. The zero-order chi connectivity index (χ0) is 9.84. The molecule has 0 aromatic heterocycles. The van der Waals surface area contributed by atoms with Crippen molar-refractivity contribution in [3.05, 3.63) is 0 Å². The normalized spacial score (nSPS) is 31.2. The number of nitrogens with two attached hydrogens (primary N) is 1. The van der Waals surface area contributed by atoms with Crippen molar-refractivity contribution in [1.29, 1.82) is 0 Å². The van der Waals surface area contributed by atoms with Gasteiger partial charge < -0.3 is 15.6 Å². The van der Waals surface area contributed by atoms with E-state index < -0.39 is 0 Å². The van der Waals surface area contributed by atoms with Gasteiger partial charge in [-0.2, -0.15) is 0 Å². The van der Waals surface area contributed by atoms with Crippen LogP contribution in [0.25, 0.3) is 0 Å². The second kappa shape index (κ2) is 4.91. The molecule has 0 saturated carbocycles. The Labute approximate surface area is 79.7 Å². The van der Waals surface area contributed by atoms with Crippen LogP contribution in [0.4, 0.5) is 0 Å². The molecule has 3 unspecified atom stereocenters. The van der Waals surface area contributed by atoms with Gasteiger partial charge in [0, 0.05) is 25.2 Å². The minimum absolute atomic E-state index is 0.0479. The molecule has 1 aliphatic rings. The van der Waals surface area contributed by atoms with Crippen molar-refractivity contribution in [1.82, 2.24) is 4.90 Å². The molecule has 0 bridgehead atoms. The van der Waals surface area contributed by atoms with Gasteiger partial charge in [-0.3, -0.25) is 4.90 Å². The van der Waals surface area contributed by atoms with Gasteiger partial charge in [0.2, 0.25) is 0 Å². The van der Waals surface area contributed by atoms with Gasteiger partial charge in [0.25, 0.3) is 0 Å². The van der Waals surface area contributed by atoms with Crippen LogP contribution < -0.4 is 5.73 Å². The van der Waals surface area contributed by atoms with Crippen molar-refractivity contribution in [3.63, 3.8) is 0 Å². The molecule has 1 aliphatic heterocycles. The van der Waals surface area contributed by atoms with Crippen LogP contribution in [-0.4, -0.2) is 55.0 Å². The Morgan fingerprint density at radius 3 is 2.85 bits per heavy atom. The maximum absolute atomic E-state index is 8.81. The summed E-state index contributed by atoms with van der Waals surface area (Å²) in [5, 5.41) is 8.81. The number of hydrogen-bond donors (Lipinski definition) is 2. The van der Waals surface area contributed by atoms with E-state index in [0.29, 0.717) is 6.04 Å². The summed E-state index contributed by atoms with van der Waals surface area (Å²) in [6.07, 6.45) is 1.35. The highest BCUT2D eigenvalue weighted by Gasteiger charge is 2.28. The Morgan fingerprint density at radius 1 is 1.69 bits per heavy atom. The van der Waals surface area contributed by atoms with Crippen LogP contribution in [0.5, 0.6) is 0 Å². The number of hydrogen-bond acceptors (Lipinski definition) is 4. The number of rotatable bonds is 4. The van der Waals surface area contributed by atoms with Crippen molar-refractivity contribution in [3.8, 4) is 0 Å². The second-order valence-electron chi connectivity index (χ2n) is 3.81. The number of aliphatic hydroxyl groups is 1. The van der Waals surface area contributed by atoms with E-state index >= 15 is 0 Å². The molecule has 1 saturated heterocycles. The van der Waals surface area contributed by atoms with Crippen LogP contribution in [0.2, 0.25) is 0 Å². The van der Waals surface area contributed by atoms with Gasteiger partial charge in [0.05, 0.1) is 12.7 Å². The summed E-state index contributed by atoms with van der Waals surface area (Å²) >= 11 is 0. The van der Waals surface area contributed by atoms with E-state index in [4.69, 9.17) is 15.6 Å². The van der Waals surface area contributed by atoms with E-state index in [-0.39, 0.29) is 18.8 Å². The summed E-state index contributed by atoms with van der Waals surface area (Å²) < 4.78 is 5.46. The highest BCUT2D eigenvalue weighted by molar-refractivity contribution is 4.82. The fourth-order valence-electron chi connectivity index (χ4n) is 1.86. The van der Waals surface area contributed by atoms with Crippen molar-refractivity contribution >= 4 is 0 Å². The Balaban J connectivity index is 2.33. The van der Waals surface area contributed by atoms with E-state index in [2.05, 4.69) is 11.8 Å². The number of nitrogens with zero attached hydrogens (tertiary/aromatic N) is 1. The fraction of sp³-hybridized carbons (Fsp3) is 1.00. The molecule has 4 heteroatoms. The van der Waals surface area contributed by atoms with E-state index in [1.807, 2.05) is 7.05 Å². The zero-order valence-corrected chi connectivity index (χ0v) is 8.44. The molecule has 78 valence electrons. The van der Waals surface area contributed by atoms with Gasteiger partial charge >= 0.3 is 0 Å². The van der Waals surface area contributed by atoms with E-state index in [1.54, 1.807) is 0 Å². The van der Waals surface area contributed by atoms with Crippen LogP contribution in [0, 0.1) is 0 Å². The van der Waals surface area contributed by atoms with Crippen LogP contribution >= 0.6 is 0 Å². The van der Waals surface area contributed by atoms with Gasteiger partial charge in [0.15, 0.2) is 0 Å². The largest absolute Gasteiger partial charge is 0.395 e. The lowest BCUT2D eigenvalue weighted by molar-refractivity contribution is 0.0788. The number of aliphatic hydroxyl groups excluding tert-OH is 1. The van der Waals surface area contributed by atoms with Crippen LogP contribution in [0.1, 0.15) is 13.3 Å². The number of likely N-dealkylation sites (N-methyl/N-ethyl adjacent to an activating group) is 1. The van der Waals surface area contributed by atoms with E-state index in [0.717, 1.165) is 19.6 Å². The molecule has 3 N–H and O–H groups in total. The van der Waals surface area contributed by atoms with Crippen LogP contribution in [-0.2, 0) is 4.74 Å². The molecular formula is C9H20N2O2. The zero-order valence-electron chi connectivity index (χ0n) is 8.44. The molecule has 0 aliphatic carbocycles. The lowest BCUT2D eigenvalue weighted by atomic mass is 10.1. The molecule has 0 aromatic carbocycles. The third-order valence-electron chi connectivity index (χ3n) is 2.66. The molecule has 1 heterocycles. The first-order valence-electron chi connectivity index (χ1n) is 4.83. The molecule has 0 spiro atoms. The van der Waals surface area contributed by atoms with Crippen molar-refractivity contribution < 1.29 is 9.84 Å². The molecule has 4 nitrogen and oxygen atoms in total. The van der Waals surface area contributed by atoms with E-state index in [9.17, 15) is 0 Å². The molecule has 3 atom stereocenters. The molecule has 13 heavy (non-hydrogen) atoms. The van der Waals surface area contributed by atoms with Crippen molar-refractivity contribution in [2.75, 3.05) is 26.8 Å². The smallest absolute Gasteiger partial charge is 0.0702 e. The van der Waals surface area contributed by atoms with Crippen molar-refractivity contribution in [2.45, 2.75) is 31.5 Å². The predicted molar refractivity (Wildman–Crippen MR) is 51.5 cm³/mol. The summed E-state index contributed by atoms with van der Waals surface area (Å²) in [6.45, 7) is 3.70. The first-order valence-corrected chi connectivity index (χ1v) is 4.83. The highest BCUT2D eigenvalue weighted by Crippen LogP contribution is 2.17. The molecule has 0 aromatic rings. The van der Waals surface area contributed by atoms with Gasteiger partial charge in [0.1, 0.15) is 0 Å². The first kappa shape index (κ1) is 10.9. The maximum atomic E-state index is 8.81. The average molecular weight is 188 g/mol. The number of ether oxygens (including phenoxy) is 1. The molecule has 1 fully saturated rings. The van der Waals surface area contributed by atoms with Gasteiger partial charge in [-0.25, -0.2) is 0 Å². The summed E-state index contributed by atoms with van der Waals surface area (Å²) in [5.74, 6) is 0. The SMILES string of the molecule is CC1OCCC1N(C)CC(N)CO. The average Bonchev–Trinajstić information content (AvgIpc) is 2.51. The van der Waals surface area contributed by atoms with Crippen LogP contribution in [0.15, 0.2) is 0 Å². The lowest BCUT2D eigenvalue weighted by Gasteiger charge is -2.28. The fourth-order valence-corrected chi connectivity index (χ4v) is 1.86. The van der Waals surface area contributed by atoms with Gasteiger partial charge in [-0.1, -0.05) is 0 Å². The topological polar surface area (TPSA) is 58.7 Å². The minimum atomic E-state index is -0.141. The predicted octanol–water partition coefficient (Wildman–Crippen LogP) is -0.585. The van der Waals surface area contributed by atoms with Crippen LogP contribution in [0.3, 0.4) is 0 Å². The summed E-state index contributed by atoms with van der Waals surface area (Å²) in [5.41, 5.74) is 5.65. The minimum Gasteiger partial charge on any atom is -0.395 e. The maximum Gasteiger partial charge on any atom is 0.0702 e. The molecular weight excluding hydrogens is 168 g/mol. The Kier molecular flexibility index (Phi) is 4.12. The van der Waals surface area contributed by atoms with Gasteiger partial charge in [-0.15, -0.1) is 0 Å². The molecule has 0 radical (unpaired) electrons. The Bertz CT molecular complexity index is 155. The van der Waals surface area contributed by atoms with E-state index in [1.165, 1.54) is 0 Å². The monoisotopic (exact) mass is 188 g/mol. The molecule has 1 rings (SSSR count). The lowest BCUT2D eigenvalue weighted by Crippen LogP contribution is -2.45. The quantitative estimate of drug-likeness (QED) is 0.619. The van der Waals surface area contributed by atoms with Gasteiger partial charge in [-0.05, 0) is 20.4 Å². The second-order valence-corrected chi connectivity index (χ2v) is 3.81. The third kappa shape index (κ3) is 2.91.